The molecule has 2 fully saturated rings. The maximum Gasteiger partial charge on any atom is 0.0695 e. The van der Waals surface area contributed by atoms with Crippen molar-refractivity contribution in [2.45, 2.75) is 78.0 Å². The molecule has 2 nitrogen and oxygen atoms in total. The second-order valence-electron chi connectivity index (χ2n) is 7.14. The van der Waals surface area contributed by atoms with E-state index in [1.54, 1.807) is 0 Å². The van der Waals surface area contributed by atoms with E-state index in [2.05, 4.69) is 32.6 Å². The van der Waals surface area contributed by atoms with Crippen LogP contribution >= 0.6 is 0 Å². The van der Waals surface area contributed by atoms with Crippen LogP contribution in [-0.2, 0) is 0 Å². The summed E-state index contributed by atoms with van der Waals surface area (Å²) in [5.74, 6) is 2.30. The molecule has 1 aliphatic carbocycles. The highest BCUT2D eigenvalue weighted by Gasteiger charge is 2.39. The van der Waals surface area contributed by atoms with Gasteiger partial charge in [0.15, 0.2) is 0 Å². The molecule has 1 saturated heterocycles. The van der Waals surface area contributed by atoms with Gasteiger partial charge in [-0.1, -0.05) is 27.7 Å². The van der Waals surface area contributed by atoms with Gasteiger partial charge in [-0.3, -0.25) is 4.90 Å². The molecule has 1 N–H and O–H groups in total. The van der Waals surface area contributed by atoms with E-state index in [0.717, 1.165) is 24.2 Å². The van der Waals surface area contributed by atoms with Crippen LogP contribution in [0.5, 0.6) is 0 Å². The first-order chi connectivity index (χ1) is 8.50. The fourth-order valence-corrected chi connectivity index (χ4v) is 4.07. The predicted octanol–water partition coefficient (Wildman–Crippen LogP) is 3.29. The summed E-state index contributed by atoms with van der Waals surface area (Å²) in [7, 11) is 0. The fraction of sp³-hybridized carbons (Fsp3) is 1.00. The zero-order valence-corrected chi connectivity index (χ0v) is 12.6. The molecule has 0 aromatic carbocycles. The van der Waals surface area contributed by atoms with Crippen LogP contribution in [0.1, 0.15) is 59.8 Å². The van der Waals surface area contributed by atoms with Crippen molar-refractivity contribution in [2.24, 2.45) is 17.8 Å². The maximum atomic E-state index is 10.4. The lowest BCUT2D eigenvalue weighted by Gasteiger charge is -2.43. The molecule has 0 amide bonds. The van der Waals surface area contributed by atoms with Crippen LogP contribution in [0.15, 0.2) is 0 Å². The van der Waals surface area contributed by atoms with Crippen LogP contribution in [0.25, 0.3) is 0 Å². The van der Waals surface area contributed by atoms with Crippen LogP contribution in [0.4, 0.5) is 0 Å². The summed E-state index contributed by atoms with van der Waals surface area (Å²) in [5, 5.41) is 10.4. The second-order valence-corrected chi connectivity index (χ2v) is 7.14. The van der Waals surface area contributed by atoms with E-state index < -0.39 is 0 Å². The minimum Gasteiger partial charge on any atom is -0.391 e. The van der Waals surface area contributed by atoms with Gasteiger partial charge in [0.05, 0.1) is 6.10 Å². The van der Waals surface area contributed by atoms with Crippen molar-refractivity contribution < 1.29 is 5.11 Å². The quantitative estimate of drug-likeness (QED) is 0.834. The zero-order chi connectivity index (χ0) is 13.3. The molecule has 1 aliphatic heterocycles. The Morgan fingerprint density at radius 1 is 1.00 bits per heavy atom. The first-order valence-electron chi connectivity index (χ1n) is 7.94. The van der Waals surface area contributed by atoms with Crippen molar-refractivity contribution >= 4 is 0 Å². The Bertz CT molecular complexity index is 264. The lowest BCUT2D eigenvalue weighted by Crippen LogP contribution is -2.51. The molecule has 4 unspecified atom stereocenters. The highest BCUT2D eigenvalue weighted by Crippen LogP contribution is 2.37. The number of rotatable bonds is 3. The summed E-state index contributed by atoms with van der Waals surface area (Å²) in [4.78, 5) is 2.64. The van der Waals surface area contributed by atoms with E-state index in [-0.39, 0.29) is 6.10 Å². The van der Waals surface area contributed by atoms with E-state index in [4.69, 9.17) is 0 Å². The molecule has 18 heavy (non-hydrogen) atoms. The Balaban J connectivity index is 2.05. The number of likely N-dealkylation sites (tertiary alicyclic amines) is 1. The molecule has 0 spiro atoms. The Labute approximate surface area is 113 Å². The first-order valence-corrected chi connectivity index (χ1v) is 7.94. The zero-order valence-electron chi connectivity index (χ0n) is 12.6. The average Bonchev–Trinajstić information content (AvgIpc) is 2.78. The molecule has 0 aromatic rings. The smallest absolute Gasteiger partial charge is 0.0695 e. The standard InChI is InChI=1S/C16H31NO/c1-11(2)13-7-8-16(18)15(10-13)17-9-5-6-14(17)12(3)4/h11-16,18H,5-10H2,1-4H3. The highest BCUT2D eigenvalue weighted by molar-refractivity contribution is 4.93. The number of hydrogen-bond donors (Lipinski definition) is 1. The Morgan fingerprint density at radius 3 is 2.33 bits per heavy atom. The van der Waals surface area contributed by atoms with E-state index in [0.29, 0.717) is 12.1 Å². The van der Waals surface area contributed by atoms with E-state index in [1.165, 1.54) is 32.2 Å². The third-order valence-electron chi connectivity index (χ3n) is 5.30. The first kappa shape index (κ1) is 14.3. The molecule has 2 aliphatic rings. The van der Waals surface area contributed by atoms with Crippen molar-refractivity contribution in [3.63, 3.8) is 0 Å². The number of nitrogens with zero attached hydrogens (tertiary/aromatic N) is 1. The predicted molar refractivity (Wildman–Crippen MR) is 76.5 cm³/mol. The third-order valence-corrected chi connectivity index (χ3v) is 5.30. The summed E-state index contributed by atoms with van der Waals surface area (Å²) in [6, 6.07) is 1.14. The lowest BCUT2D eigenvalue weighted by molar-refractivity contribution is -0.0167. The van der Waals surface area contributed by atoms with Gasteiger partial charge in [-0.2, -0.15) is 0 Å². The van der Waals surface area contributed by atoms with Gasteiger partial charge >= 0.3 is 0 Å². The van der Waals surface area contributed by atoms with Gasteiger partial charge in [0.25, 0.3) is 0 Å². The summed E-state index contributed by atoms with van der Waals surface area (Å²) in [6.45, 7) is 10.5. The number of hydrogen-bond acceptors (Lipinski definition) is 2. The fourth-order valence-electron chi connectivity index (χ4n) is 4.07. The van der Waals surface area contributed by atoms with Crippen LogP contribution in [-0.4, -0.2) is 34.7 Å². The summed E-state index contributed by atoms with van der Waals surface area (Å²) >= 11 is 0. The Morgan fingerprint density at radius 2 is 1.72 bits per heavy atom. The van der Waals surface area contributed by atoms with Gasteiger partial charge in [-0.25, -0.2) is 0 Å². The van der Waals surface area contributed by atoms with Crippen molar-refractivity contribution in [3.8, 4) is 0 Å². The van der Waals surface area contributed by atoms with E-state index >= 15 is 0 Å². The molecule has 0 radical (unpaired) electrons. The van der Waals surface area contributed by atoms with Gasteiger partial charge in [0, 0.05) is 12.1 Å². The topological polar surface area (TPSA) is 23.5 Å². The monoisotopic (exact) mass is 253 g/mol. The van der Waals surface area contributed by atoms with Gasteiger partial charge in [-0.15, -0.1) is 0 Å². The molecule has 106 valence electrons. The summed E-state index contributed by atoms with van der Waals surface area (Å²) < 4.78 is 0. The largest absolute Gasteiger partial charge is 0.391 e. The third kappa shape index (κ3) is 2.91. The molecule has 1 heterocycles. The molecule has 2 rings (SSSR count). The molecular formula is C16H31NO. The van der Waals surface area contributed by atoms with Gasteiger partial charge < -0.3 is 5.11 Å². The van der Waals surface area contributed by atoms with Crippen LogP contribution in [0, 0.1) is 17.8 Å². The van der Waals surface area contributed by atoms with Crippen LogP contribution in [0.2, 0.25) is 0 Å². The second kappa shape index (κ2) is 5.92. The molecule has 4 atom stereocenters. The van der Waals surface area contributed by atoms with Gasteiger partial charge in [0.2, 0.25) is 0 Å². The highest BCUT2D eigenvalue weighted by atomic mass is 16.3. The molecule has 0 aromatic heterocycles. The van der Waals surface area contributed by atoms with Gasteiger partial charge in [0.1, 0.15) is 0 Å². The summed E-state index contributed by atoms with van der Waals surface area (Å²) in [6.07, 6.45) is 6.00. The molecule has 2 heteroatoms. The summed E-state index contributed by atoms with van der Waals surface area (Å²) in [5.41, 5.74) is 0. The number of aliphatic hydroxyl groups is 1. The van der Waals surface area contributed by atoms with Crippen molar-refractivity contribution in [1.82, 2.24) is 4.90 Å². The van der Waals surface area contributed by atoms with Crippen molar-refractivity contribution in [1.29, 1.82) is 0 Å². The molecule has 1 saturated carbocycles. The van der Waals surface area contributed by atoms with E-state index in [9.17, 15) is 5.11 Å². The average molecular weight is 253 g/mol. The Kier molecular flexibility index (Phi) is 4.71. The van der Waals surface area contributed by atoms with Crippen molar-refractivity contribution in [3.05, 3.63) is 0 Å². The lowest BCUT2D eigenvalue weighted by atomic mass is 9.77. The Hall–Kier alpha value is -0.0800. The minimum atomic E-state index is -0.0839. The van der Waals surface area contributed by atoms with Crippen molar-refractivity contribution in [2.75, 3.05) is 6.54 Å². The van der Waals surface area contributed by atoms with Gasteiger partial charge in [-0.05, 0) is 56.4 Å². The van der Waals surface area contributed by atoms with Crippen LogP contribution < -0.4 is 0 Å². The minimum absolute atomic E-state index is 0.0839. The SMILES string of the molecule is CC(C)C1CCC(O)C(N2CCCC2C(C)C)C1. The maximum absolute atomic E-state index is 10.4. The number of aliphatic hydroxyl groups excluding tert-OH is 1. The van der Waals surface area contributed by atoms with Crippen LogP contribution in [0.3, 0.4) is 0 Å². The van der Waals surface area contributed by atoms with E-state index in [1.807, 2.05) is 0 Å². The molecule has 0 bridgehead atoms. The normalized spacial score (nSPS) is 38.8. The molecular weight excluding hydrogens is 222 g/mol.